The van der Waals surface area contributed by atoms with Crippen LogP contribution in [0, 0.1) is 5.92 Å². The van der Waals surface area contributed by atoms with Crippen LogP contribution in [0.2, 0.25) is 0 Å². The van der Waals surface area contributed by atoms with Gasteiger partial charge in [0.1, 0.15) is 18.1 Å². The number of rotatable bonds is 12. The van der Waals surface area contributed by atoms with Crippen molar-refractivity contribution < 1.29 is 34.2 Å². The first-order chi connectivity index (χ1) is 16.0. The lowest BCUT2D eigenvalue weighted by molar-refractivity contribution is -0.150. The topological polar surface area (TPSA) is 208 Å². The maximum Gasteiger partial charge on any atom is 0.326 e. The van der Waals surface area contributed by atoms with Gasteiger partial charge in [-0.05, 0) is 25.2 Å². The molecule has 0 aromatic carbocycles. The molecule has 0 spiro atoms. The zero-order chi connectivity index (χ0) is 25.4. The zero-order valence-electron chi connectivity index (χ0n) is 19.2. The van der Waals surface area contributed by atoms with E-state index in [0.29, 0.717) is 18.5 Å². The number of hydrogen-bond acceptors (Lipinski definition) is 7. The molecule has 1 aromatic rings. The highest BCUT2D eigenvalue weighted by Crippen LogP contribution is 2.20. The van der Waals surface area contributed by atoms with Crippen LogP contribution in [0.3, 0.4) is 0 Å². The number of aliphatic carboxylic acids is 2. The maximum atomic E-state index is 13.1. The van der Waals surface area contributed by atoms with E-state index in [1.807, 2.05) is 13.8 Å². The Kier molecular flexibility index (Phi) is 9.54. The largest absolute Gasteiger partial charge is 0.481 e. The monoisotopic (exact) mass is 480 g/mol. The van der Waals surface area contributed by atoms with Gasteiger partial charge in [0.05, 0.1) is 18.8 Å². The lowest BCUT2D eigenvalue weighted by atomic mass is 10.0. The molecule has 3 amide bonds. The molecule has 188 valence electrons. The third-order valence-electron chi connectivity index (χ3n) is 5.49. The summed E-state index contributed by atoms with van der Waals surface area (Å²) in [6.45, 7) is 3.91. The van der Waals surface area contributed by atoms with Gasteiger partial charge >= 0.3 is 11.9 Å². The number of nitrogens with zero attached hydrogens (tertiary/aromatic N) is 2. The summed E-state index contributed by atoms with van der Waals surface area (Å²) in [5.74, 6) is -4.65. The Labute approximate surface area is 196 Å². The van der Waals surface area contributed by atoms with Crippen molar-refractivity contribution in [1.29, 1.82) is 0 Å². The number of carboxylic acids is 2. The number of carboxylic acid groups (broad SMARTS) is 2. The Morgan fingerprint density at radius 3 is 2.41 bits per heavy atom. The van der Waals surface area contributed by atoms with Crippen LogP contribution in [0.4, 0.5) is 0 Å². The smallest absolute Gasteiger partial charge is 0.326 e. The number of nitrogens with one attached hydrogen (secondary N) is 3. The van der Waals surface area contributed by atoms with Crippen LogP contribution in [0.1, 0.15) is 45.2 Å². The summed E-state index contributed by atoms with van der Waals surface area (Å²) in [7, 11) is 0. The Hall–Kier alpha value is -3.48. The number of imidazole rings is 1. The second-order valence-electron chi connectivity index (χ2n) is 8.77. The molecule has 4 unspecified atom stereocenters. The van der Waals surface area contributed by atoms with Gasteiger partial charge in [-0.3, -0.25) is 19.2 Å². The number of aromatic nitrogens is 2. The Bertz CT molecular complexity index is 888. The second kappa shape index (κ2) is 12.1. The summed E-state index contributed by atoms with van der Waals surface area (Å²) in [5, 5.41) is 23.5. The number of likely N-dealkylation sites (tertiary alicyclic amines) is 1. The van der Waals surface area contributed by atoms with Crippen molar-refractivity contribution in [3.8, 4) is 0 Å². The third-order valence-corrected chi connectivity index (χ3v) is 5.49. The van der Waals surface area contributed by atoms with Gasteiger partial charge in [-0.25, -0.2) is 9.78 Å². The van der Waals surface area contributed by atoms with Crippen molar-refractivity contribution in [3.05, 3.63) is 18.2 Å². The van der Waals surface area contributed by atoms with E-state index in [2.05, 4.69) is 20.6 Å². The number of hydrogen-bond donors (Lipinski definition) is 6. The molecule has 0 radical (unpaired) electrons. The first kappa shape index (κ1) is 26.8. The molecule has 1 fully saturated rings. The number of carbonyl (C=O) groups is 5. The first-order valence-electron chi connectivity index (χ1n) is 11.1. The van der Waals surface area contributed by atoms with Crippen molar-refractivity contribution in [2.45, 2.75) is 70.1 Å². The summed E-state index contributed by atoms with van der Waals surface area (Å²) in [6, 6.07) is -4.60. The minimum Gasteiger partial charge on any atom is -0.481 e. The quantitative estimate of drug-likeness (QED) is 0.213. The van der Waals surface area contributed by atoms with Gasteiger partial charge in [0.2, 0.25) is 17.7 Å². The maximum absolute atomic E-state index is 13.1. The molecule has 1 aliphatic heterocycles. The van der Waals surface area contributed by atoms with E-state index in [4.69, 9.17) is 5.73 Å². The highest BCUT2D eigenvalue weighted by Gasteiger charge is 2.38. The molecule has 0 bridgehead atoms. The molecular weight excluding hydrogens is 448 g/mol. The number of nitrogens with two attached hydrogens (primary N) is 1. The van der Waals surface area contributed by atoms with E-state index < -0.39 is 60.2 Å². The highest BCUT2D eigenvalue weighted by atomic mass is 16.4. The van der Waals surface area contributed by atoms with Gasteiger partial charge in [0, 0.05) is 24.9 Å². The van der Waals surface area contributed by atoms with Gasteiger partial charge < -0.3 is 36.5 Å². The Morgan fingerprint density at radius 2 is 1.85 bits per heavy atom. The van der Waals surface area contributed by atoms with Crippen molar-refractivity contribution in [3.63, 3.8) is 0 Å². The number of H-pyrrole nitrogens is 1. The van der Waals surface area contributed by atoms with Crippen molar-refractivity contribution >= 4 is 29.7 Å². The standard InChI is InChI=1S/C21H32N6O7/c1-11(2)6-15(20(32)27-5-3-4-16(27)21(33)34)26-19(31)14(8-17(28)29)25-18(30)13(22)7-12-9-23-10-24-12/h9-11,13-16H,3-8,22H2,1-2H3,(H,23,24)(H,25,30)(H,26,31)(H,28,29)(H,33,34). The summed E-state index contributed by atoms with van der Waals surface area (Å²) in [5.41, 5.74) is 6.46. The second-order valence-corrected chi connectivity index (χ2v) is 8.77. The molecule has 2 rings (SSSR count). The zero-order valence-corrected chi connectivity index (χ0v) is 19.2. The lowest BCUT2D eigenvalue weighted by Gasteiger charge is -2.29. The third kappa shape index (κ3) is 7.54. The molecular formula is C21H32N6O7. The molecule has 13 heteroatoms. The fraction of sp³-hybridized carbons (Fsp3) is 0.619. The van der Waals surface area contributed by atoms with E-state index in [-0.39, 0.29) is 25.3 Å². The summed E-state index contributed by atoms with van der Waals surface area (Å²) < 4.78 is 0. The molecule has 13 nitrogen and oxygen atoms in total. The average molecular weight is 481 g/mol. The SMILES string of the molecule is CC(C)CC(NC(=O)C(CC(=O)O)NC(=O)C(N)Cc1cnc[nH]1)C(=O)N1CCCC1C(=O)O. The molecule has 7 N–H and O–H groups in total. The first-order valence-corrected chi connectivity index (χ1v) is 11.1. The fourth-order valence-corrected chi connectivity index (χ4v) is 3.84. The molecule has 34 heavy (non-hydrogen) atoms. The van der Waals surface area contributed by atoms with Gasteiger partial charge in [-0.1, -0.05) is 13.8 Å². The van der Waals surface area contributed by atoms with E-state index in [9.17, 15) is 34.2 Å². The van der Waals surface area contributed by atoms with Gasteiger partial charge in [0.15, 0.2) is 0 Å². The van der Waals surface area contributed by atoms with E-state index in [1.165, 1.54) is 17.4 Å². The molecule has 1 aromatic heterocycles. The predicted octanol–water partition coefficient (Wildman–Crippen LogP) is -1.15. The normalized spacial score (nSPS) is 18.2. The van der Waals surface area contributed by atoms with Crippen LogP contribution < -0.4 is 16.4 Å². The molecule has 4 atom stereocenters. The number of aromatic amines is 1. The van der Waals surface area contributed by atoms with Crippen LogP contribution in [0.5, 0.6) is 0 Å². The van der Waals surface area contributed by atoms with Crippen LogP contribution in [-0.2, 0) is 30.4 Å². The minimum absolute atomic E-state index is 0.0320. The molecule has 2 heterocycles. The van der Waals surface area contributed by atoms with Crippen molar-refractivity contribution in [1.82, 2.24) is 25.5 Å². The van der Waals surface area contributed by atoms with Crippen LogP contribution in [-0.4, -0.2) is 85.5 Å². The predicted molar refractivity (Wildman–Crippen MR) is 118 cm³/mol. The fourth-order valence-electron chi connectivity index (χ4n) is 3.84. The summed E-state index contributed by atoms with van der Waals surface area (Å²) in [4.78, 5) is 69.2. The van der Waals surface area contributed by atoms with E-state index in [0.717, 1.165) is 0 Å². The Morgan fingerprint density at radius 1 is 1.18 bits per heavy atom. The van der Waals surface area contributed by atoms with Crippen LogP contribution in [0.25, 0.3) is 0 Å². The lowest BCUT2D eigenvalue weighted by Crippen LogP contribution is -2.57. The van der Waals surface area contributed by atoms with E-state index >= 15 is 0 Å². The summed E-state index contributed by atoms with van der Waals surface area (Å²) >= 11 is 0. The van der Waals surface area contributed by atoms with Gasteiger partial charge in [0.25, 0.3) is 0 Å². The molecule has 0 aliphatic carbocycles. The number of amides is 3. The molecule has 1 aliphatic rings. The number of carbonyl (C=O) groups excluding carboxylic acids is 3. The highest BCUT2D eigenvalue weighted by molar-refractivity contribution is 5.95. The van der Waals surface area contributed by atoms with Crippen molar-refractivity contribution in [2.75, 3.05) is 6.54 Å². The van der Waals surface area contributed by atoms with Gasteiger partial charge in [-0.15, -0.1) is 0 Å². The summed E-state index contributed by atoms with van der Waals surface area (Å²) in [6.07, 6.45) is 3.32. The van der Waals surface area contributed by atoms with Crippen LogP contribution in [0.15, 0.2) is 12.5 Å². The van der Waals surface area contributed by atoms with Crippen molar-refractivity contribution in [2.24, 2.45) is 11.7 Å². The van der Waals surface area contributed by atoms with Gasteiger partial charge in [-0.2, -0.15) is 0 Å². The molecule has 0 saturated carbocycles. The molecule has 1 saturated heterocycles. The average Bonchev–Trinajstić information content (AvgIpc) is 3.43. The van der Waals surface area contributed by atoms with E-state index in [1.54, 1.807) is 0 Å². The minimum atomic E-state index is -1.48. The Balaban J connectivity index is 2.12. The van der Waals surface area contributed by atoms with Crippen LogP contribution >= 0.6 is 0 Å².